The summed E-state index contributed by atoms with van der Waals surface area (Å²) in [5.41, 5.74) is 0. The van der Waals surface area contributed by atoms with Crippen LogP contribution in [-0.4, -0.2) is 17.2 Å². The highest BCUT2D eigenvalue weighted by molar-refractivity contribution is 7.80. The minimum atomic E-state index is 0.466. The molecule has 0 aliphatic heterocycles. The Morgan fingerprint density at radius 1 is 1.17 bits per heavy atom. The standard InChI is InChI=1S/C15H30N2S/c1-5-11(4)16-15(18)17-14-12(6-2)9-8-10-13(14)7-3/h11-14H,5-10H2,1-4H3,(H2,16,17,18). The summed E-state index contributed by atoms with van der Waals surface area (Å²) in [6.07, 6.45) is 7.75. The maximum Gasteiger partial charge on any atom is 0.166 e. The zero-order valence-corrected chi connectivity index (χ0v) is 13.3. The van der Waals surface area contributed by atoms with Gasteiger partial charge in [0.2, 0.25) is 0 Å². The van der Waals surface area contributed by atoms with Crippen LogP contribution in [0.1, 0.15) is 66.2 Å². The summed E-state index contributed by atoms with van der Waals surface area (Å²) < 4.78 is 0. The summed E-state index contributed by atoms with van der Waals surface area (Å²) in [7, 11) is 0. The molecule has 0 amide bonds. The zero-order valence-electron chi connectivity index (χ0n) is 12.5. The average Bonchev–Trinajstić information content (AvgIpc) is 2.38. The van der Waals surface area contributed by atoms with E-state index in [0.29, 0.717) is 12.1 Å². The van der Waals surface area contributed by atoms with E-state index < -0.39 is 0 Å². The first kappa shape index (κ1) is 15.7. The van der Waals surface area contributed by atoms with Crippen molar-refractivity contribution in [3.8, 4) is 0 Å². The van der Waals surface area contributed by atoms with E-state index in [1.54, 1.807) is 0 Å². The highest BCUT2D eigenvalue weighted by Crippen LogP contribution is 2.33. The molecule has 1 fully saturated rings. The van der Waals surface area contributed by atoms with Crippen LogP contribution in [0.5, 0.6) is 0 Å². The second-order valence-corrected chi connectivity index (χ2v) is 6.13. The average molecular weight is 270 g/mol. The van der Waals surface area contributed by atoms with Gasteiger partial charge in [0, 0.05) is 12.1 Å². The molecule has 1 rings (SSSR count). The third-order valence-electron chi connectivity index (χ3n) is 4.50. The van der Waals surface area contributed by atoms with E-state index in [1.165, 1.54) is 32.1 Å². The molecule has 3 heteroatoms. The van der Waals surface area contributed by atoms with Crippen molar-refractivity contribution in [2.24, 2.45) is 11.8 Å². The summed E-state index contributed by atoms with van der Waals surface area (Å²) in [6.45, 7) is 8.99. The molecular formula is C15H30N2S. The molecule has 0 saturated heterocycles. The first-order chi connectivity index (χ1) is 8.62. The Morgan fingerprint density at radius 3 is 2.17 bits per heavy atom. The number of rotatable bonds is 5. The van der Waals surface area contributed by atoms with Crippen LogP contribution in [-0.2, 0) is 0 Å². The molecule has 2 N–H and O–H groups in total. The van der Waals surface area contributed by atoms with Gasteiger partial charge in [0.1, 0.15) is 0 Å². The first-order valence-corrected chi connectivity index (χ1v) is 8.10. The highest BCUT2D eigenvalue weighted by Gasteiger charge is 2.31. The van der Waals surface area contributed by atoms with Crippen molar-refractivity contribution in [2.75, 3.05) is 0 Å². The van der Waals surface area contributed by atoms with Crippen LogP contribution in [0.25, 0.3) is 0 Å². The summed E-state index contributed by atoms with van der Waals surface area (Å²) in [5, 5.41) is 7.85. The molecular weight excluding hydrogens is 240 g/mol. The number of hydrogen-bond donors (Lipinski definition) is 2. The van der Waals surface area contributed by atoms with Gasteiger partial charge in [-0.05, 0) is 50.2 Å². The maximum atomic E-state index is 5.46. The molecule has 0 aromatic heterocycles. The van der Waals surface area contributed by atoms with E-state index in [1.807, 2.05) is 0 Å². The van der Waals surface area contributed by atoms with Gasteiger partial charge in [-0.25, -0.2) is 0 Å². The predicted molar refractivity (Wildman–Crippen MR) is 83.8 cm³/mol. The minimum absolute atomic E-state index is 0.466. The molecule has 0 heterocycles. The molecule has 18 heavy (non-hydrogen) atoms. The summed E-state index contributed by atoms with van der Waals surface area (Å²) >= 11 is 5.46. The van der Waals surface area contributed by atoms with E-state index in [0.717, 1.165) is 23.4 Å². The van der Waals surface area contributed by atoms with Crippen LogP contribution in [0.4, 0.5) is 0 Å². The van der Waals surface area contributed by atoms with Crippen LogP contribution in [0, 0.1) is 11.8 Å². The molecule has 3 atom stereocenters. The molecule has 1 aliphatic rings. The lowest BCUT2D eigenvalue weighted by Gasteiger charge is -2.39. The lowest BCUT2D eigenvalue weighted by molar-refractivity contribution is 0.192. The fourth-order valence-electron chi connectivity index (χ4n) is 3.06. The lowest BCUT2D eigenvalue weighted by atomic mass is 9.74. The van der Waals surface area contributed by atoms with Gasteiger partial charge >= 0.3 is 0 Å². The molecule has 1 aliphatic carbocycles. The van der Waals surface area contributed by atoms with Gasteiger partial charge in [-0.3, -0.25) is 0 Å². The summed E-state index contributed by atoms with van der Waals surface area (Å²) in [5.74, 6) is 1.58. The predicted octanol–water partition coefficient (Wildman–Crippen LogP) is 3.85. The van der Waals surface area contributed by atoms with Crippen molar-refractivity contribution >= 4 is 17.3 Å². The van der Waals surface area contributed by atoms with Gasteiger partial charge < -0.3 is 10.6 Å². The Labute approximate surface area is 118 Å². The molecule has 0 aromatic rings. The fourth-order valence-corrected chi connectivity index (χ4v) is 3.39. The Morgan fingerprint density at radius 2 is 1.72 bits per heavy atom. The zero-order chi connectivity index (χ0) is 13.5. The largest absolute Gasteiger partial charge is 0.360 e. The molecule has 3 unspecified atom stereocenters. The van der Waals surface area contributed by atoms with E-state index in [-0.39, 0.29) is 0 Å². The van der Waals surface area contributed by atoms with Gasteiger partial charge in [-0.1, -0.05) is 40.0 Å². The third-order valence-corrected chi connectivity index (χ3v) is 4.74. The Balaban J connectivity index is 2.56. The molecule has 0 bridgehead atoms. The molecule has 1 saturated carbocycles. The summed E-state index contributed by atoms with van der Waals surface area (Å²) in [4.78, 5) is 0. The topological polar surface area (TPSA) is 24.1 Å². The molecule has 0 spiro atoms. The van der Waals surface area contributed by atoms with Gasteiger partial charge in [-0.2, -0.15) is 0 Å². The van der Waals surface area contributed by atoms with Gasteiger partial charge in [0.25, 0.3) is 0 Å². The van der Waals surface area contributed by atoms with E-state index in [2.05, 4.69) is 38.3 Å². The Kier molecular flexibility index (Phi) is 6.98. The van der Waals surface area contributed by atoms with Crippen LogP contribution in [0.2, 0.25) is 0 Å². The van der Waals surface area contributed by atoms with Gasteiger partial charge in [0.15, 0.2) is 5.11 Å². The van der Waals surface area contributed by atoms with Crippen LogP contribution in [0.15, 0.2) is 0 Å². The fraction of sp³-hybridized carbons (Fsp3) is 0.933. The smallest absolute Gasteiger partial charge is 0.166 e. The maximum absolute atomic E-state index is 5.46. The number of nitrogens with one attached hydrogen (secondary N) is 2. The van der Waals surface area contributed by atoms with Crippen molar-refractivity contribution in [1.82, 2.24) is 10.6 Å². The Bertz CT molecular complexity index is 243. The quantitative estimate of drug-likeness (QED) is 0.742. The third kappa shape index (κ3) is 4.42. The van der Waals surface area contributed by atoms with E-state index in [9.17, 15) is 0 Å². The van der Waals surface area contributed by atoms with Crippen molar-refractivity contribution in [2.45, 2.75) is 78.3 Å². The Hall–Kier alpha value is -0.310. The summed E-state index contributed by atoms with van der Waals surface area (Å²) in [6, 6.07) is 1.05. The molecule has 2 nitrogen and oxygen atoms in total. The molecule has 106 valence electrons. The van der Waals surface area contributed by atoms with E-state index in [4.69, 9.17) is 12.2 Å². The number of thiocarbonyl (C=S) groups is 1. The second-order valence-electron chi connectivity index (χ2n) is 5.72. The first-order valence-electron chi connectivity index (χ1n) is 7.69. The van der Waals surface area contributed by atoms with Gasteiger partial charge in [-0.15, -0.1) is 0 Å². The SMILES string of the molecule is CCC(C)NC(=S)NC1C(CC)CCCC1CC. The monoisotopic (exact) mass is 270 g/mol. The highest BCUT2D eigenvalue weighted by atomic mass is 32.1. The number of hydrogen-bond acceptors (Lipinski definition) is 1. The van der Waals surface area contributed by atoms with Crippen LogP contribution < -0.4 is 10.6 Å². The normalized spacial score (nSPS) is 29.7. The van der Waals surface area contributed by atoms with Crippen molar-refractivity contribution in [3.05, 3.63) is 0 Å². The molecule has 0 radical (unpaired) electrons. The second kappa shape index (κ2) is 7.98. The van der Waals surface area contributed by atoms with Gasteiger partial charge in [0.05, 0.1) is 0 Å². The van der Waals surface area contributed by atoms with Crippen molar-refractivity contribution in [1.29, 1.82) is 0 Å². The van der Waals surface area contributed by atoms with Crippen molar-refractivity contribution < 1.29 is 0 Å². The van der Waals surface area contributed by atoms with Crippen LogP contribution >= 0.6 is 12.2 Å². The lowest BCUT2D eigenvalue weighted by Crippen LogP contribution is -2.52. The minimum Gasteiger partial charge on any atom is -0.360 e. The molecule has 0 aromatic carbocycles. The van der Waals surface area contributed by atoms with Crippen LogP contribution in [0.3, 0.4) is 0 Å². The van der Waals surface area contributed by atoms with Crippen molar-refractivity contribution in [3.63, 3.8) is 0 Å². The van der Waals surface area contributed by atoms with E-state index >= 15 is 0 Å².